The quantitative estimate of drug-likeness (QED) is 0.736. The summed E-state index contributed by atoms with van der Waals surface area (Å²) >= 11 is 0. The first-order chi connectivity index (χ1) is 12.6. The summed E-state index contributed by atoms with van der Waals surface area (Å²) in [7, 11) is 4.71. The van der Waals surface area contributed by atoms with Crippen LogP contribution in [0.4, 0.5) is 4.39 Å². The van der Waals surface area contributed by atoms with Crippen LogP contribution < -0.4 is 19.5 Å². The Balaban J connectivity index is 1.96. The van der Waals surface area contributed by atoms with E-state index in [1.807, 2.05) is 0 Å². The van der Waals surface area contributed by atoms with E-state index in [2.05, 4.69) is 5.32 Å². The van der Waals surface area contributed by atoms with Gasteiger partial charge in [-0.3, -0.25) is 4.79 Å². The molecule has 1 N–H and O–H groups in total. The van der Waals surface area contributed by atoms with E-state index in [-0.39, 0.29) is 11.7 Å². The molecule has 1 amide bonds. The highest BCUT2D eigenvalue weighted by atomic mass is 19.1. The molecule has 0 bridgehead atoms. The van der Waals surface area contributed by atoms with E-state index < -0.39 is 0 Å². The molecule has 0 aliphatic rings. The first-order valence-corrected chi connectivity index (χ1v) is 8.07. The van der Waals surface area contributed by atoms with Gasteiger partial charge in [0.15, 0.2) is 0 Å². The number of carbonyl (C=O) groups is 1. The van der Waals surface area contributed by atoms with Crippen LogP contribution >= 0.6 is 0 Å². The first kappa shape index (κ1) is 19.3. The number of methoxy groups -OCH3 is 3. The first-order valence-electron chi connectivity index (χ1n) is 8.07. The van der Waals surface area contributed by atoms with Gasteiger partial charge in [-0.15, -0.1) is 0 Å². The molecule has 0 saturated heterocycles. The molecular weight excluding hydrogens is 337 g/mol. The molecule has 0 saturated carbocycles. The number of amides is 1. The van der Waals surface area contributed by atoms with Crippen LogP contribution in [0.3, 0.4) is 0 Å². The molecule has 2 aromatic rings. The maximum absolute atomic E-state index is 12.9. The van der Waals surface area contributed by atoms with E-state index in [0.717, 1.165) is 11.1 Å². The highest BCUT2D eigenvalue weighted by Crippen LogP contribution is 2.34. The van der Waals surface area contributed by atoms with Crippen LogP contribution in [0.2, 0.25) is 0 Å². The zero-order valence-corrected chi connectivity index (χ0v) is 15.0. The van der Waals surface area contributed by atoms with Crippen LogP contribution in [0.1, 0.15) is 11.1 Å². The second kappa shape index (κ2) is 9.46. The van der Waals surface area contributed by atoms with Crippen LogP contribution in [0.25, 0.3) is 6.08 Å². The van der Waals surface area contributed by atoms with Crippen molar-refractivity contribution in [2.24, 2.45) is 0 Å². The lowest BCUT2D eigenvalue weighted by Crippen LogP contribution is -2.23. The smallest absolute Gasteiger partial charge is 0.244 e. The van der Waals surface area contributed by atoms with E-state index in [4.69, 9.17) is 14.2 Å². The normalized spacial score (nSPS) is 10.6. The molecule has 0 unspecified atom stereocenters. The number of nitrogens with one attached hydrogen (secondary N) is 1. The minimum absolute atomic E-state index is 0.235. The van der Waals surface area contributed by atoms with Gasteiger partial charge in [0.1, 0.15) is 23.1 Å². The molecule has 5 nitrogen and oxygen atoms in total. The zero-order valence-electron chi connectivity index (χ0n) is 15.0. The Morgan fingerprint density at radius 1 is 1.04 bits per heavy atom. The Morgan fingerprint density at radius 3 is 2.19 bits per heavy atom. The van der Waals surface area contributed by atoms with Gasteiger partial charge in [0.25, 0.3) is 0 Å². The van der Waals surface area contributed by atoms with Crippen LogP contribution in [-0.4, -0.2) is 33.8 Å². The second-order valence-corrected chi connectivity index (χ2v) is 5.44. The molecule has 0 fully saturated rings. The van der Waals surface area contributed by atoms with Crippen molar-refractivity contribution in [3.8, 4) is 17.2 Å². The van der Waals surface area contributed by atoms with E-state index in [9.17, 15) is 9.18 Å². The van der Waals surface area contributed by atoms with E-state index in [1.54, 1.807) is 51.7 Å². The molecule has 2 aromatic carbocycles. The van der Waals surface area contributed by atoms with E-state index in [1.165, 1.54) is 18.2 Å². The lowest BCUT2D eigenvalue weighted by Gasteiger charge is -2.15. The van der Waals surface area contributed by atoms with Crippen molar-refractivity contribution in [2.45, 2.75) is 6.42 Å². The van der Waals surface area contributed by atoms with Crippen molar-refractivity contribution in [2.75, 3.05) is 27.9 Å². The van der Waals surface area contributed by atoms with Crippen molar-refractivity contribution in [3.63, 3.8) is 0 Å². The third-order valence-electron chi connectivity index (χ3n) is 3.79. The van der Waals surface area contributed by atoms with Gasteiger partial charge in [-0.2, -0.15) is 0 Å². The number of carbonyl (C=O) groups excluding carboxylic acids is 1. The number of halogens is 1. The fourth-order valence-electron chi connectivity index (χ4n) is 2.44. The minimum atomic E-state index is -0.311. The predicted octanol–water partition coefficient (Wildman–Crippen LogP) is 3.22. The van der Waals surface area contributed by atoms with Gasteiger partial charge in [0.2, 0.25) is 5.91 Å². The number of hydrogen-bond acceptors (Lipinski definition) is 4. The summed E-state index contributed by atoms with van der Waals surface area (Å²) in [5.74, 6) is 1.36. The van der Waals surface area contributed by atoms with Crippen LogP contribution in [0.5, 0.6) is 17.2 Å². The topological polar surface area (TPSA) is 56.8 Å². The van der Waals surface area contributed by atoms with Gasteiger partial charge >= 0.3 is 0 Å². The number of benzene rings is 2. The third kappa shape index (κ3) is 5.24. The Kier molecular flexibility index (Phi) is 7.02. The minimum Gasteiger partial charge on any atom is -0.496 e. The molecule has 0 atom stereocenters. The predicted molar refractivity (Wildman–Crippen MR) is 98.2 cm³/mol. The molecule has 26 heavy (non-hydrogen) atoms. The summed E-state index contributed by atoms with van der Waals surface area (Å²) in [6, 6.07) is 9.44. The monoisotopic (exact) mass is 359 g/mol. The Bertz CT molecular complexity index is 747. The highest BCUT2D eigenvalue weighted by molar-refractivity contribution is 5.91. The fourth-order valence-corrected chi connectivity index (χ4v) is 2.44. The van der Waals surface area contributed by atoms with Crippen LogP contribution in [0, 0.1) is 5.82 Å². The highest BCUT2D eigenvalue weighted by Gasteiger charge is 2.13. The summed E-state index contributed by atoms with van der Waals surface area (Å²) in [4.78, 5) is 11.9. The fraction of sp³-hybridized carbons (Fsp3) is 0.250. The average molecular weight is 359 g/mol. The van der Waals surface area contributed by atoms with Gasteiger partial charge in [0, 0.05) is 30.3 Å². The molecule has 138 valence electrons. The van der Waals surface area contributed by atoms with Crippen LogP contribution in [0.15, 0.2) is 42.5 Å². The summed E-state index contributed by atoms with van der Waals surface area (Å²) in [5.41, 5.74) is 1.60. The lowest BCUT2D eigenvalue weighted by molar-refractivity contribution is -0.116. The Labute approximate surface area is 152 Å². The summed E-state index contributed by atoms with van der Waals surface area (Å²) in [5, 5.41) is 2.80. The Morgan fingerprint density at radius 2 is 1.65 bits per heavy atom. The van der Waals surface area contributed by atoms with Crippen molar-refractivity contribution in [1.82, 2.24) is 5.32 Å². The number of ether oxygens (including phenoxy) is 3. The van der Waals surface area contributed by atoms with E-state index >= 15 is 0 Å². The molecule has 6 heteroatoms. The molecule has 0 heterocycles. The standard InChI is InChI=1S/C20H22FNO4/c1-24-16-12-18(25-2)17(19(13-16)26-3)10-11-22-20(23)9-6-14-4-7-15(21)8-5-14/h4-9,12-13H,10-11H2,1-3H3,(H,22,23). The van der Waals surface area contributed by atoms with Gasteiger partial charge in [0.05, 0.1) is 21.3 Å². The van der Waals surface area contributed by atoms with Crippen molar-refractivity contribution in [1.29, 1.82) is 0 Å². The summed E-state index contributed by atoms with van der Waals surface area (Å²) in [6.07, 6.45) is 3.57. The average Bonchev–Trinajstić information content (AvgIpc) is 2.67. The van der Waals surface area contributed by atoms with Crippen molar-refractivity contribution in [3.05, 3.63) is 59.4 Å². The molecule has 2 rings (SSSR count). The third-order valence-corrected chi connectivity index (χ3v) is 3.79. The van der Waals surface area contributed by atoms with Gasteiger partial charge < -0.3 is 19.5 Å². The molecule has 0 spiro atoms. The van der Waals surface area contributed by atoms with Gasteiger partial charge in [-0.1, -0.05) is 12.1 Å². The molecule has 0 aliphatic heterocycles. The number of hydrogen-bond donors (Lipinski definition) is 1. The van der Waals surface area contributed by atoms with E-state index in [0.29, 0.717) is 30.2 Å². The summed E-state index contributed by atoms with van der Waals surface area (Å²) < 4.78 is 28.8. The largest absolute Gasteiger partial charge is 0.496 e. The zero-order chi connectivity index (χ0) is 18.9. The maximum Gasteiger partial charge on any atom is 0.244 e. The molecular formula is C20H22FNO4. The molecule has 0 aromatic heterocycles. The van der Waals surface area contributed by atoms with Crippen molar-refractivity contribution < 1.29 is 23.4 Å². The number of rotatable bonds is 8. The van der Waals surface area contributed by atoms with Crippen molar-refractivity contribution >= 4 is 12.0 Å². The van der Waals surface area contributed by atoms with Crippen LogP contribution in [-0.2, 0) is 11.2 Å². The Hall–Kier alpha value is -3.02. The molecule has 0 radical (unpaired) electrons. The lowest BCUT2D eigenvalue weighted by atomic mass is 10.1. The molecule has 0 aliphatic carbocycles. The SMILES string of the molecule is COc1cc(OC)c(CCNC(=O)C=Cc2ccc(F)cc2)c(OC)c1. The summed E-state index contributed by atoms with van der Waals surface area (Å²) in [6.45, 7) is 0.408. The second-order valence-electron chi connectivity index (χ2n) is 5.44. The van der Waals surface area contributed by atoms with Gasteiger partial charge in [-0.05, 0) is 30.2 Å². The maximum atomic E-state index is 12.9. The van der Waals surface area contributed by atoms with Gasteiger partial charge in [-0.25, -0.2) is 4.39 Å².